The fourth-order valence-corrected chi connectivity index (χ4v) is 2.96. The maximum absolute atomic E-state index is 5.95. The first kappa shape index (κ1) is 16.5. The standard InChI is InChI=1S/C20H17ClN4O/c21-16-10-8-15(9-11-16)17-18-19(26-25-17)20(24-13-23-18)22-12-4-7-14-5-2-1-3-6-14/h1-3,5-6,8-11,13H,4,7,12H2,(H,22,23,24). The van der Waals surface area contributed by atoms with E-state index in [2.05, 4.69) is 44.7 Å². The number of halogens is 1. The number of benzene rings is 2. The zero-order valence-corrected chi connectivity index (χ0v) is 14.8. The molecule has 0 unspecified atom stereocenters. The summed E-state index contributed by atoms with van der Waals surface area (Å²) in [4.78, 5) is 8.63. The Labute approximate surface area is 156 Å². The molecule has 2 aromatic carbocycles. The maximum Gasteiger partial charge on any atom is 0.228 e. The molecule has 130 valence electrons. The van der Waals surface area contributed by atoms with Crippen molar-refractivity contribution in [2.24, 2.45) is 0 Å². The molecule has 6 heteroatoms. The lowest BCUT2D eigenvalue weighted by Crippen LogP contribution is -2.05. The Bertz CT molecular complexity index is 999. The molecule has 0 saturated heterocycles. The zero-order chi connectivity index (χ0) is 17.8. The molecule has 26 heavy (non-hydrogen) atoms. The second-order valence-corrected chi connectivity index (χ2v) is 6.39. The molecule has 0 aliphatic heterocycles. The van der Waals surface area contributed by atoms with E-state index in [1.165, 1.54) is 11.9 Å². The summed E-state index contributed by atoms with van der Waals surface area (Å²) in [5, 5.41) is 8.17. The molecule has 0 atom stereocenters. The number of aromatic nitrogens is 3. The molecule has 2 aromatic heterocycles. The summed E-state index contributed by atoms with van der Waals surface area (Å²) >= 11 is 5.95. The topological polar surface area (TPSA) is 63.8 Å². The van der Waals surface area contributed by atoms with Gasteiger partial charge in [0.1, 0.15) is 17.5 Å². The van der Waals surface area contributed by atoms with Gasteiger partial charge in [-0.2, -0.15) is 0 Å². The molecule has 0 bridgehead atoms. The van der Waals surface area contributed by atoms with Crippen molar-refractivity contribution in [3.8, 4) is 11.3 Å². The monoisotopic (exact) mass is 364 g/mol. The minimum absolute atomic E-state index is 0.567. The highest BCUT2D eigenvalue weighted by Crippen LogP contribution is 2.29. The average Bonchev–Trinajstić information content (AvgIpc) is 3.12. The predicted octanol–water partition coefficient (Wildman–Crippen LogP) is 4.98. The van der Waals surface area contributed by atoms with Gasteiger partial charge in [-0.25, -0.2) is 9.97 Å². The first-order chi connectivity index (χ1) is 12.8. The molecule has 2 heterocycles. The molecular formula is C20H17ClN4O. The first-order valence-electron chi connectivity index (χ1n) is 8.45. The van der Waals surface area contributed by atoms with Gasteiger partial charge in [0, 0.05) is 17.1 Å². The van der Waals surface area contributed by atoms with E-state index in [0.29, 0.717) is 27.6 Å². The molecule has 0 fully saturated rings. The number of hydrogen-bond acceptors (Lipinski definition) is 5. The van der Waals surface area contributed by atoms with Crippen molar-refractivity contribution < 1.29 is 4.52 Å². The molecule has 4 aromatic rings. The van der Waals surface area contributed by atoms with Crippen LogP contribution in [0.25, 0.3) is 22.4 Å². The molecular weight excluding hydrogens is 348 g/mol. The number of nitrogens with zero attached hydrogens (tertiary/aromatic N) is 3. The van der Waals surface area contributed by atoms with Crippen molar-refractivity contribution in [3.63, 3.8) is 0 Å². The molecule has 0 aliphatic carbocycles. The largest absolute Gasteiger partial charge is 0.367 e. The second-order valence-electron chi connectivity index (χ2n) is 5.95. The molecule has 0 radical (unpaired) electrons. The van der Waals surface area contributed by atoms with E-state index in [-0.39, 0.29) is 0 Å². The number of anilines is 1. The van der Waals surface area contributed by atoms with Crippen LogP contribution in [0.4, 0.5) is 5.82 Å². The van der Waals surface area contributed by atoms with Gasteiger partial charge in [0.2, 0.25) is 5.58 Å². The summed E-state index contributed by atoms with van der Waals surface area (Å²) in [5.41, 5.74) is 4.17. The number of aryl methyl sites for hydroxylation is 1. The fraction of sp³-hybridized carbons (Fsp3) is 0.150. The Balaban J connectivity index is 1.49. The van der Waals surface area contributed by atoms with Crippen LogP contribution in [0.3, 0.4) is 0 Å². The van der Waals surface area contributed by atoms with Crippen LogP contribution in [0.1, 0.15) is 12.0 Å². The van der Waals surface area contributed by atoms with Crippen LogP contribution in [0.2, 0.25) is 5.02 Å². The van der Waals surface area contributed by atoms with Gasteiger partial charge in [0.25, 0.3) is 0 Å². The fourth-order valence-electron chi connectivity index (χ4n) is 2.83. The van der Waals surface area contributed by atoms with Gasteiger partial charge in [0.15, 0.2) is 5.82 Å². The smallest absolute Gasteiger partial charge is 0.228 e. The van der Waals surface area contributed by atoms with Crippen molar-refractivity contribution in [3.05, 3.63) is 71.5 Å². The average molecular weight is 365 g/mol. The highest BCUT2D eigenvalue weighted by atomic mass is 35.5. The third-order valence-electron chi connectivity index (χ3n) is 4.15. The van der Waals surface area contributed by atoms with Crippen molar-refractivity contribution in [2.75, 3.05) is 11.9 Å². The first-order valence-corrected chi connectivity index (χ1v) is 8.83. The Morgan fingerprint density at radius 3 is 2.58 bits per heavy atom. The van der Waals surface area contributed by atoms with Crippen LogP contribution in [-0.4, -0.2) is 21.7 Å². The quantitative estimate of drug-likeness (QED) is 0.489. The Hall–Kier alpha value is -2.92. The van der Waals surface area contributed by atoms with E-state index < -0.39 is 0 Å². The van der Waals surface area contributed by atoms with Gasteiger partial charge < -0.3 is 9.84 Å². The Morgan fingerprint density at radius 1 is 0.962 bits per heavy atom. The van der Waals surface area contributed by atoms with E-state index in [1.54, 1.807) is 0 Å². The van der Waals surface area contributed by atoms with E-state index in [9.17, 15) is 0 Å². The van der Waals surface area contributed by atoms with Crippen LogP contribution in [-0.2, 0) is 6.42 Å². The van der Waals surface area contributed by atoms with Gasteiger partial charge in [-0.1, -0.05) is 59.2 Å². The number of nitrogens with one attached hydrogen (secondary N) is 1. The normalized spacial score (nSPS) is 11.0. The lowest BCUT2D eigenvalue weighted by atomic mass is 10.1. The van der Waals surface area contributed by atoms with E-state index in [1.807, 2.05) is 30.3 Å². The van der Waals surface area contributed by atoms with Gasteiger partial charge in [-0.05, 0) is 30.5 Å². The van der Waals surface area contributed by atoms with Crippen LogP contribution >= 0.6 is 11.6 Å². The SMILES string of the molecule is Clc1ccc(-c2noc3c(NCCCc4ccccc4)ncnc23)cc1. The van der Waals surface area contributed by atoms with Gasteiger partial charge >= 0.3 is 0 Å². The van der Waals surface area contributed by atoms with Crippen LogP contribution in [0, 0.1) is 0 Å². The molecule has 5 nitrogen and oxygen atoms in total. The summed E-state index contributed by atoms with van der Waals surface area (Å²) in [7, 11) is 0. The number of fused-ring (bicyclic) bond motifs is 1. The van der Waals surface area contributed by atoms with Gasteiger partial charge in [-0.15, -0.1) is 0 Å². The molecule has 1 N–H and O–H groups in total. The highest BCUT2D eigenvalue weighted by Gasteiger charge is 2.15. The molecule has 0 spiro atoms. The third-order valence-corrected chi connectivity index (χ3v) is 4.40. The van der Waals surface area contributed by atoms with Crippen molar-refractivity contribution in [2.45, 2.75) is 12.8 Å². The summed E-state index contributed by atoms with van der Waals surface area (Å²) in [5.74, 6) is 0.663. The number of hydrogen-bond donors (Lipinski definition) is 1. The summed E-state index contributed by atoms with van der Waals surface area (Å²) in [6.45, 7) is 0.790. The Kier molecular flexibility index (Phi) is 4.80. The van der Waals surface area contributed by atoms with Crippen LogP contribution in [0.5, 0.6) is 0 Å². The Morgan fingerprint density at radius 2 is 1.77 bits per heavy atom. The minimum atomic E-state index is 0.567. The summed E-state index contributed by atoms with van der Waals surface area (Å²) in [6, 6.07) is 17.9. The van der Waals surface area contributed by atoms with Crippen molar-refractivity contribution >= 4 is 28.5 Å². The van der Waals surface area contributed by atoms with Crippen molar-refractivity contribution in [1.29, 1.82) is 0 Å². The van der Waals surface area contributed by atoms with Gasteiger partial charge in [0.05, 0.1) is 0 Å². The van der Waals surface area contributed by atoms with Crippen LogP contribution < -0.4 is 5.32 Å². The second kappa shape index (κ2) is 7.54. The minimum Gasteiger partial charge on any atom is -0.367 e. The zero-order valence-electron chi connectivity index (χ0n) is 14.0. The highest BCUT2D eigenvalue weighted by molar-refractivity contribution is 6.30. The van der Waals surface area contributed by atoms with Gasteiger partial charge in [-0.3, -0.25) is 0 Å². The van der Waals surface area contributed by atoms with E-state index in [4.69, 9.17) is 16.1 Å². The molecule has 0 aliphatic rings. The lowest BCUT2D eigenvalue weighted by molar-refractivity contribution is 0.459. The lowest BCUT2D eigenvalue weighted by Gasteiger charge is -2.05. The summed E-state index contributed by atoms with van der Waals surface area (Å²) < 4.78 is 5.51. The van der Waals surface area contributed by atoms with E-state index in [0.717, 1.165) is 24.9 Å². The van der Waals surface area contributed by atoms with Crippen LogP contribution in [0.15, 0.2) is 65.4 Å². The molecule has 0 saturated carbocycles. The maximum atomic E-state index is 5.95. The molecule has 0 amide bonds. The molecule has 4 rings (SSSR count). The predicted molar refractivity (Wildman–Crippen MR) is 103 cm³/mol. The van der Waals surface area contributed by atoms with Crippen molar-refractivity contribution in [1.82, 2.24) is 15.1 Å². The number of rotatable bonds is 6. The third kappa shape index (κ3) is 3.53. The summed E-state index contributed by atoms with van der Waals surface area (Å²) in [6.07, 6.45) is 3.53. The van der Waals surface area contributed by atoms with E-state index >= 15 is 0 Å².